The highest BCUT2D eigenvalue weighted by Crippen LogP contribution is 2.42. The number of aromatic nitrogens is 2. The van der Waals surface area contributed by atoms with E-state index in [1.165, 1.54) is 6.33 Å². The van der Waals surface area contributed by atoms with E-state index in [1.807, 2.05) is 35.2 Å². The third-order valence-corrected chi connectivity index (χ3v) is 5.77. The van der Waals surface area contributed by atoms with Gasteiger partial charge in [0.05, 0.1) is 0 Å². The van der Waals surface area contributed by atoms with Crippen LogP contribution in [0.5, 0.6) is 0 Å². The normalized spacial score (nSPS) is 19.3. The van der Waals surface area contributed by atoms with Crippen LogP contribution >= 0.6 is 11.6 Å². The van der Waals surface area contributed by atoms with E-state index in [1.54, 1.807) is 0 Å². The molecule has 0 unspecified atom stereocenters. The molecule has 2 saturated heterocycles. The number of carbonyl (C=O) groups is 1. The minimum Gasteiger partial charge on any atom is -0.384 e. The van der Waals surface area contributed by atoms with Gasteiger partial charge >= 0.3 is 0 Å². The summed E-state index contributed by atoms with van der Waals surface area (Å²) in [6, 6.07) is 9.54. The molecule has 0 atom stereocenters. The molecule has 0 radical (unpaired) electrons. The zero-order valence-corrected chi connectivity index (χ0v) is 15.3. The molecule has 3 heterocycles. The number of rotatable bonds is 3. The number of likely N-dealkylation sites (tertiary alicyclic amines) is 1. The Kier molecular flexibility index (Phi) is 4.44. The number of benzene rings is 1. The highest BCUT2D eigenvalue weighted by Gasteiger charge is 2.44. The summed E-state index contributed by atoms with van der Waals surface area (Å²) in [6.45, 7) is 3.26. The van der Waals surface area contributed by atoms with E-state index in [-0.39, 0.29) is 11.3 Å². The van der Waals surface area contributed by atoms with Gasteiger partial charge in [0.1, 0.15) is 18.0 Å². The number of nitrogen functional groups attached to an aromatic ring is 1. The van der Waals surface area contributed by atoms with Crippen LogP contribution in [0.4, 0.5) is 11.6 Å². The molecule has 0 aliphatic carbocycles. The van der Waals surface area contributed by atoms with E-state index in [2.05, 4.69) is 14.9 Å². The second kappa shape index (κ2) is 6.76. The summed E-state index contributed by atoms with van der Waals surface area (Å²) in [5.74, 6) is 1.61. The van der Waals surface area contributed by atoms with Crippen LogP contribution in [0.2, 0.25) is 5.02 Å². The lowest BCUT2D eigenvalue weighted by Gasteiger charge is -2.39. The summed E-state index contributed by atoms with van der Waals surface area (Å²) in [7, 11) is 0. The smallest absolute Gasteiger partial charge is 0.223 e. The van der Waals surface area contributed by atoms with Crippen molar-refractivity contribution in [3.63, 3.8) is 0 Å². The second-order valence-corrected chi connectivity index (χ2v) is 7.78. The Morgan fingerprint density at radius 1 is 1.15 bits per heavy atom. The number of hydrogen-bond acceptors (Lipinski definition) is 5. The van der Waals surface area contributed by atoms with Crippen LogP contribution in [0.3, 0.4) is 0 Å². The molecule has 2 aliphatic rings. The maximum atomic E-state index is 12.6. The number of amides is 1. The summed E-state index contributed by atoms with van der Waals surface area (Å²) in [5, 5.41) is 0.718. The molecule has 1 aromatic heterocycles. The average Bonchev–Trinajstić information content (AvgIpc) is 2.92. The van der Waals surface area contributed by atoms with Gasteiger partial charge < -0.3 is 15.5 Å². The number of piperidine rings is 1. The molecule has 1 spiro atoms. The Bertz CT molecular complexity index is 802. The number of nitrogens with two attached hydrogens (primary N) is 1. The molecule has 26 heavy (non-hydrogen) atoms. The first-order chi connectivity index (χ1) is 12.5. The van der Waals surface area contributed by atoms with Gasteiger partial charge in [-0.05, 0) is 30.5 Å². The van der Waals surface area contributed by atoms with Crippen molar-refractivity contribution < 1.29 is 4.79 Å². The van der Waals surface area contributed by atoms with Crippen LogP contribution in [-0.4, -0.2) is 40.4 Å². The van der Waals surface area contributed by atoms with Gasteiger partial charge in [0.2, 0.25) is 5.91 Å². The van der Waals surface area contributed by atoms with E-state index in [9.17, 15) is 4.79 Å². The quantitative estimate of drug-likeness (QED) is 0.897. The lowest BCUT2D eigenvalue weighted by Crippen LogP contribution is -2.42. The third kappa shape index (κ3) is 3.46. The number of nitrogens with zero attached hydrogens (tertiary/aromatic N) is 4. The standard InChI is InChI=1S/C19H22ClN5O/c20-15-3-1-14(2-4-15)11-25-12-19(10-18(25)26)5-7-24(8-6-19)17-9-16(21)22-13-23-17/h1-4,9,13H,5-8,10-12H2,(H2,21,22,23). The number of hydrogen-bond donors (Lipinski definition) is 1. The summed E-state index contributed by atoms with van der Waals surface area (Å²) in [4.78, 5) is 25.1. The van der Waals surface area contributed by atoms with E-state index in [0.29, 0.717) is 18.8 Å². The molecule has 1 aromatic carbocycles. The van der Waals surface area contributed by atoms with Crippen LogP contribution in [0.1, 0.15) is 24.8 Å². The maximum Gasteiger partial charge on any atom is 0.223 e. The van der Waals surface area contributed by atoms with Crippen molar-refractivity contribution in [2.45, 2.75) is 25.8 Å². The Morgan fingerprint density at radius 3 is 2.58 bits per heavy atom. The van der Waals surface area contributed by atoms with Crippen LogP contribution in [0, 0.1) is 5.41 Å². The maximum absolute atomic E-state index is 12.6. The highest BCUT2D eigenvalue weighted by molar-refractivity contribution is 6.30. The molecule has 2 N–H and O–H groups in total. The Balaban J connectivity index is 1.40. The van der Waals surface area contributed by atoms with E-state index >= 15 is 0 Å². The van der Waals surface area contributed by atoms with Gasteiger partial charge in [-0.25, -0.2) is 9.97 Å². The Morgan fingerprint density at radius 2 is 1.88 bits per heavy atom. The fourth-order valence-electron chi connectivity index (χ4n) is 4.02. The van der Waals surface area contributed by atoms with Gasteiger partial charge in [-0.2, -0.15) is 0 Å². The molecule has 4 rings (SSSR count). The summed E-state index contributed by atoms with van der Waals surface area (Å²) in [6.07, 6.45) is 4.11. The van der Waals surface area contributed by atoms with Gasteiger partial charge in [-0.3, -0.25) is 4.79 Å². The lowest BCUT2D eigenvalue weighted by molar-refractivity contribution is -0.128. The van der Waals surface area contributed by atoms with Gasteiger partial charge in [0, 0.05) is 49.1 Å². The predicted octanol–water partition coefficient (Wildman–Crippen LogP) is 2.73. The first kappa shape index (κ1) is 17.1. The summed E-state index contributed by atoms with van der Waals surface area (Å²) >= 11 is 5.95. The van der Waals surface area contributed by atoms with E-state index in [4.69, 9.17) is 17.3 Å². The molecule has 2 aromatic rings. The van der Waals surface area contributed by atoms with E-state index in [0.717, 1.165) is 48.9 Å². The molecule has 0 bridgehead atoms. The largest absolute Gasteiger partial charge is 0.384 e. The van der Waals surface area contributed by atoms with Gasteiger partial charge in [0.25, 0.3) is 0 Å². The van der Waals surface area contributed by atoms with E-state index < -0.39 is 0 Å². The Labute approximate surface area is 158 Å². The van der Waals surface area contributed by atoms with Crippen molar-refractivity contribution in [2.75, 3.05) is 30.3 Å². The van der Waals surface area contributed by atoms with Crippen molar-refractivity contribution >= 4 is 29.1 Å². The first-order valence-corrected chi connectivity index (χ1v) is 9.26. The molecule has 7 heteroatoms. The monoisotopic (exact) mass is 371 g/mol. The molecule has 2 aliphatic heterocycles. The topological polar surface area (TPSA) is 75.3 Å². The first-order valence-electron chi connectivity index (χ1n) is 8.88. The van der Waals surface area contributed by atoms with Crippen LogP contribution in [0.25, 0.3) is 0 Å². The number of anilines is 2. The zero-order valence-electron chi connectivity index (χ0n) is 14.6. The molecule has 2 fully saturated rings. The fraction of sp³-hybridized carbons (Fsp3) is 0.421. The van der Waals surface area contributed by atoms with Crippen molar-refractivity contribution in [2.24, 2.45) is 5.41 Å². The summed E-state index contributed by atoms with van der Waals surface area (Å²) < 4.78 is 0. The molecule has 0 saturated carbocycles. The summed E-state index contributed by atoms with van der Waals surface area (Å²) in [5.41, 5.74) is 6.96. The molecule has 136 valence electrons. The second-order valence-electron chi connectivity index (χ2n) is 7.34. The lowest BCUT2D eigenvalue weighted by atomic mass is 9.77. The number of carbonyl (C=O) groups excluding carboxylic acids is 1. The van der Waals surface area contributed by atoms with Crippen LogP contribution in [0.15, 0.2) is 36.7 Å². The zero-order chi connectivity index (χ0) is 18.1. The predicted molar refractivity (Wildman–Crippen MR) is 102 cm³/mol. The molecule has 1 amide bonds. The molecular formula is C19H22ClN5O. The Hall–Kier alpha value is -2.34. The highest BCUT2D eigenvalue weighted by atomic mass is 35.5. The van der Waals surface area contributed by atoms with Gasteiger partial charge in [-0.15, -0.1) is 0 Å². The molecular weight excluding hydrogens is 350 g/mol. The van der Waals surface area contributed by atoms with Gasteiger partial charge in [0.15, 0.2) is 0 Å². The SMILES string of the molecule is Nc1cc(N2CCC3(CC2)CC(=O)N(Cc2ccc(Cl)cc2)C3)ncn1. The van der Waals surface area contributed by atoms with Crippen molar-refractivity contribution in [1.82, 2.24) is 14.9 Å². The fourth-order valence-corrected chi connectivity index (χ4v) is 4.14. The van der Waals surface area contributed by atoms with Gasteiger partial charge in [-0.1, -0.05) is 23.7 Å². The molecule has 6 nitrogen and oxygen atoms in total. The van der Waals surface area contributed by atoms with Crippen molar-refractivity contribution in [3.05, 3.63) is 47.2 Å². The average molecular weight is 372 g/mol. The third-order valence-electron chi connectivity index (χ3n) is 5.51. The van der Waals surface area contributed by atoms with Crippen molar-refractivity contribution in [1.29, 1.82) is 0 Å². The van der Waals surface area contributed by atoms with Crippen LogP contribution < -0.4 is 10.6 Å². The van der Waals surface area contributed by atoms with Crippen molar-refractivity contribution in [3.8, 4) is 0 Å². The minimum absolute atomic E-state index is 0.0819. The van der Waals surface area contributed by atoms with Crippen LogP contribution in [-0.2, 0) is 11.3 Å². The number of halogens is 1. The minimum atomic E-state index is 0.0819.